The predicted molar refractivity (Wildman–Crippen MR) is 83.3 cm³/mol. The van der Waals surface area contributed by atoms with E-state index < -0.39 is 10.0 Å². The molecule has 0 radical (unpaired) electrons. The number of nitrogens with zero attached hydrogens (tertiary/aromatic N) is 1. The lowest BCUT2D eigenvalue weighted by Crippen LogP contribution is -2.33. The van der Waals surface area contributed by atoms with Gasteiger partial charge in [0.2, 0.25) is 10.0 Å². The van der Waals surface area contributed by atoms with Gasteiger partial charge in [0, 0.05) is 23.7 Å². The smallest absolute Gasteiger partial charge is 0.246 e. The van der Waals surface area contributed by atoms with Crippen molar-refractivity contribution < 1.29 is 18.3 Å². The van der Waals surface area contributed by atoms with E-state index in [0.717, 1.165) is 12.8 Å². The number of methoxy groups -OCH3 is 1. The van der Waals surface area contributed by atoms with Crippen molar-refractivity contribution in [3.63, 3.8) is 0 Å². The van der Waals surface area contributed by atoms with Crippen molar-refractivity contribution in [3.05, 3.63) is 22.7 Å². The van der Waals surface area contributed by atoms with E-state index in [2.05, 4.69) is 0 Å². The summed E-state index contributed by atoms with van der Waals surface area (Å²) < 4.78 is 32.2. The van der Waals surface area contributed by atoms with E-state index in [-0.39, 0.29) is 22.3 Å². The van der Waals surface area contributed by atoms with Crippen LogP contribution in [0.1, 0.15) is 32.3 Å². The average Bonchev–Trinajstić information content (AvgIpc) is 2.45. The molecule has 1 aromatic carbocycles. The molecule has 0 amide bonds. The molecule has 0 spiro atoms. The fraction of sp³-hybridized carbons (Fsp3) is 0.571. The maximum absolute atomic E-state index is 12.8. The van der Waals surface area contributed by atoms with Crippen LogP contribution in [0.3, 0.4) is 0 Å². The van der Waals surface area contributed by atoms with Crippen LogP contribution >= 0.6 is 11.6 Å². The number of sulfonamides is 1. The molecule has 0 heterocycles. The summed E-state index contributed by atoms with van der Waals surface area (Å²) in [7, 11) is -2.33. The monoisotopic (exact) mass is 335 g/mol. The topological polar surface area (TPSA) is 66.8 Å². The van der Waals surface area contributed by atoms with Gasteiger partial charge in [-0.15, -0.1) is 0 Å². The van der Waals surface area contributed by atoms with Crippen LogP contribution in [0.25, 0.3) is 0 Å². The molecule has 5 nitrogen and oxygen atoms in total. The Labute approximate surface area is 131 Å². The normalized spacial score (nSPS) is 11.9. The summed E-state index contributed by atoms with van der Waals surface area (Å²) in [6.07, 6.45) is 1.43. The third-order valence-corrected chi connectivity index (χ3v) is 5.16. The van der Waals surface area contributed by atoms with Gasteiger partial charge in [-0.3, -0.25) is 0 Å². The Morgan fingerprint density at radius 1 is 1.24 bits per heavy atom. The number of benzene rings is 1. The van der Waals surface area contributed by atoms with Gasteiger partial charge in [-0.2, -0.15) is 4.31 Å². The quantitative estimate of drug-likeness (QED) is 0.793. The Morgan fingerprint density at radius 2 is 1.81 bits per heavy atom. The minimum Gasteiger partial charge on any atom is -0.495 e. The van der Waals surface area contributed by atoms with Crippen molar-refractivity contribution in [1.82, 2.24) is 4.31 Å². The van der Waals surface area contributed by atoms with Crippen LogP contribution in [-0.2, 0) is 16.6 Å². The van der Waals surface area contributed by atoms with Crippen LogP contribution < -0.4 is 4.74 Å². The molecule has 0 unspecified atom stereocenters. The van der Waals surface area contributed by atoms with Crippen molar-refractivity contribution in [2.24, 2.45) is 0 Å². The van der Waals surface area contributed by atoms with E-state index in [1.807, 2.05) is 13.8 Å². The number of aliphatic hydroxyl groups is 1. The summed E-state index contributed by atoms with van der Waals surface area (Å²) in [6.45, 7) is 4.37. The highest BCUT2D eigenvalue weighted by Gasteiger charge is 2.28. The summed E-state index contributed by atoms with van der Waals surface area (Å²) in [6, 6.07) is 2.87. The lowest BCUT2D eigenvalue weighted by molar-refractivity contribution is 0.272. The van der Waals surface area contributed by atoms with Crippen molar-refractivity contribution in [2.45, 2.75) is 38.2 Å². The van der Waals surface area contributed by atoms with Crippen LogP contribution in [-0.4, -0.2) is 38.0 Å². The minimum absolute atomic E-state index is 0.00319. The van der Waals surface area contributed by atoms with E-state index in [1.54, 1.807) is 0 Å². The summed E-state index contributed by atoms with van der Waals surface area (Å²) >= 11 is 5.97. The van der Waals surface area contributed by atoms with E-state index in [9.17, 15) is 13.5 Å². The number of hydrogen-bond acceptors (Lipinski definition) is 4. The van der Waals surface area contributed by atoms with Crippen LogP contribution in [0, 0.1) is 0 Å². The maximum atomic E-state index is 12.8. The van der Waals surface area contributed by atoms with Gasteiger partial charge in [0.25, 0.3) is 0 Å². The zero-order valence-corrected chi connectivity index (χ0v) is 14.2. The molecule has 0 bridgehead atoms. The van der Waals surface area contributed by atoms with E-state index >= 15 is 0 Å². The SMILES string of the molecule is CCCN(CCC)S(=O)(=O)c1cc(Cl)cc(CO)c1OC. The summed E-state index contributed by atoms with van der Waals surface area (Å²) in [4.78, 5) is 0.00319. The van der Waals surface area contributed by atoms with Gasteiger partial charge >= 0.3 is 0 Å². The standard InChI is InChI=1S/C14H22ClNO4S/c1-4-6-16(7-5-2)21(18,19)13-9-12(15)8-11(10-17)14(13)20-3/h8-9,17H,4-7,10H2,1-3H3. The van der Waals surface area contributed by atoms with E-state index in [4.69, 9.17) is 16.3 Å². The minimum atomic E-state index is -3.71. The molecule has 0 aromatic heterocycles. The summed E-state index contributed by atoms with van der Waals surface area (Å²) in [5, 5.41) is 9.62. The molecule has 0 saturated heterocycles. The zero-order chi connectivity index (χ0) is 16.0. The Kier molecular flexibility index (Phi) is 6.93. The van der Waals surface area contributed by atoms with Crippen LogP contribution in [0.15, 0.2) is 17.0 Å². The zero-order valence-electron chi connectivity index (χ0n) is 12.6. The molecule has 7 heteroatoms. The molecule has 0 aliphatic carbocycles. The molecule has 0 atom stereocenters. The van der Waals surface area contributed by atoms with Crippen molar-refractivity contribution >= 4 is 21.6 Å². The molecular weight excluding hydrogens is 314 g/mol. The molecule has 1 aromatic rings. The van der Waals surface area contributed by atoms with Crippen molar-refractivity contribution in [1.29, 1.82) is 0 Å². The predicted octanol–water partition coefficient (Wildman–Crippen LogP) is 2.65. The van der Waals surface area contributed by atoms with Crippen molar-refractivity contribution in [3.8, 4) is 5.75 Å². The Bertz CT molecular complexity index is 569. The molecular formula is C14H22ClNO4S. The average molecular weight is 336 g/mol. The second-order valence-electron chi connectivity index (χ2n) is 4.66. The van der Waals surface area contributed by atoms with Gasteiger partial charge < -0.3 is 9.84 Å². The maximum Gasteiger partial charge on any atom is 0.246 e. The second-order valence-corrected chi connectivity index (χ2v) is 7.00. The highest BCUT2D eigenvalue weighted by molar-refractivity contribution is 7.89. The number of halogens is 1. The highest BCUT2D eigenvalue weighted by atomic mass is 35.5. The Hall–Kier alpha value is -0.820. The van der Waals surface area contributed by atoms with Gasteiger partial charge in [0.1, 0.15) is 10.6 Å². The third-order valence-electron chi connectivity index (χ3n) is 3.03. The first-order valence-electron chi connectivity index (χ1n) is 6.89. The van der Waals surface area contributed by atoms with Crippen LogP contribution in [0.5, 0.6) is 5.75 Å². The molecule has 1 rings (SSSR count). The summed E-state index contributed by atoms with van der Waals surface area (Å²) in [5.74, 6) is 0.152. The molecule has 21 heavy (non-hydrogen) atoms. The van der Waals surface area contributed by atoms with Gasteiger partial charge in [0.05, 0.1) is 13.7 Å². The van der Waals surface area contributed by atoms with Crippen LogP contribution in [0.2, 0.25) is 5.02 Å². The fourth-order valence-corrected chi connectivity index (χ4v) is 4.31. The first kappa shape index (κ1) is 18.2. The van der Waals surface area contributed by atoms with Gasteiger partial charge in [0.15, 0.2) is 0 Å². The molecule has 0 aliphatic rings. The van der Waals surface area contributed by atoms with Gasteiger partial charge in [-0.1, -0.05) is 25.4 Å². The number of rotatable bonds is 8. The van der Waals surface area contributed by atoms with Crippen LogP contribution in [0.4, 0.5) is 0 Å². The Morgan fingerprint density at radius 3 is 2.24 bits per heavy atom. The fourth-order valence-electron chi connectivity index (χ4n) is 2.15. The second kappa shape index (κ2) is 7.98. The number of hydrogen-bond donors (Lipinski definition) is 1. The van der Waals surface area contributed by atoms with E-state index in [0.29, 0.717) is 18.7 Å². The lowest BCUT2D eigenvalue weighted by Gasteiger charge is -2.23. The van der Waals surface area contributed by atoms with Crippen molar-refractivity contribution in [2.75, 3.05) is 20.2 Å². The summed E-state index contributed by atoms with van der Waals surface area (Å²) in [5.41, 5.74) is 0.358. The number of aliphatic hydroxyl groups excluding tert-OH is 1. The largest absolute Gasteiger partial charge is 0.495 e. The number of ether oxygens (including phenoxy) is 1. The third kappa shape index (κ3) is 4.10. The molecule has 0 fully saturated rings. The first-order valence-corrected chi connectivity index (χ1v) is 8.71. The van der Waals surface area contributed by atoms with Gasteiger partial charge in [-0.05, 0) is 25.0 Å². The molecule has 1 N–H and O–H groups in total. The highest BCUT2D eigenvalue weighted by Crippen LogP contribution is 2.33. The van der Waals surface area contributed by atoms with E-state index in [1.165, 1.54) is 23.5 Å². The molecule has 0 aliphatic heterocycles. The Balaban J connectivity index is 3.44. The first-order chi connectivity index (χ1) is 9.92. The molecule has 120 valence electrons. The molecule has 0 saturated carbocycles. The lowest BCUT2D eigenvalue weighted by atomic mass is 10.2. The van der Waals surface area contributed by atoms with Gasteiger partial charge in [-0.25, -0.2) is 8.42 Å².